The first-order valence-electron chi connectivity index (χ1n) is 9.80. The van der Waals surface area contributed by atoms with Crippen molar-refractivity contribution < 1.29 is 9.21 Å². The van der Waals surface area contributed by atoms with Crippen molar-refractivity contribution in [2.24, 2.45) is 0 Å². The van der Waals surface area contributed by atoms with E-state index in [1.54, 1.807) is 0 Å². The number of anilines is 1. The van der Waals surface area contributed by atoms with Crippen LogP contribution in [-0.4, -0.2) is 22.3 Å². The number of para-hydroxylation sites is 1. The van der Waals surface area contributed by atoms with Crippen molar-refractivity contribution in [3.8, 4) is 0 Å². The molecule has 2 saturated carbocycles. The Kier molecular flexibility index (Phi) is 3.91. The van der Waals surface area contributed by atoms with E-state index in [2.05, 4.69) is 21.6 Å². The molecule has 2 fully saturated rings. The lowest BCUT2D eigenvalue weighted by Gasteiger charge is -2.28. The van der Waals surface area contributed by atoms with E-state index in [0.29, 0.717) is 11.8 Å². The van der Waals surface area contributed by atoms with Crippen LogP contribution in [0.4, 0.5) is 10.5 Å². The smallest absolute Gasteiger partial charge is 0.322 e. The minimum absolute atomic E-state index is 0.0435. The molecule has 2 aromatic rings. The molecule has 2 heterocycles. The Balaban J connectivity index is 1.42. The Bertz CT molecular complexity index is 808. The Morgan fingerprint density at radius 3 is 2.62 bits per heavy atom. The van der Waals surface area contributed by atoms with Crippen LogP contribution in [0.2, 0.25) is 0 Å². The van der Waals surface area contributed by atoms with Gasteiger partial charge in [0, 0.05) is 24.1 Å². The van der Waals surface area contributed by atoms with Gasteiger partial charge >= 0.3 is 6.03 Å². The molecule has 1 aromatic carbocycles. The quantitative estimate of drug-likeness (QED) is 0.903. The zero-order valence-corrected chi connectivity index (χ0v) is 14.9. The fraction of sp³-hybridized carbons (Fsp3) is 0.550. The van der Waals surface area contributed by atoms with Gasteiger partial charge in [0.05, 0.1) is 0 Å². The van der Waals surface area contributed by atoms with Crippen molar-refractivity contribution in [3.63, 3.8) is 0 Å². The number of carbonyl (C=O) groups is 1. The molecule has 0 radical (unpaired) electrons. The summed E-state index contributed by atoms with van der Waals surface area (Å²) in [6.07, 6.45) is 8.76. The molecule has 0 bridgehead atoms. The minimum Gasteiger partial charge on any atom is -0.423 e. The van der Waals surface area contributed by atoms with Crippen LogP contribution >= 0.6 is 0 Å². The normalized spacial score (nSPS) is 23.1. The minimum atomic E-state index is -0.212. The third-order valence-electron chi connectivity index (χ3n) is 5.80. The van der Waals surface area contributed by atoms with Gasteiger partial charge in [-0.25, -0.2) is 4.79 Å². The molecule has 1 atom stereocenters. The van der Waals surface area contributed by atoms with Gasteiger partial charge in [-0.05, 0) is 37.3 Å². The van der Waals surface area contributed by atoms with Crippen LogP contribution in [0.3, 0.4) is 0 Å². The average Bonchev–Trinajstić information content (AvgIpc) is 3.27. The maximum atomic E-state index is 13.1. The number of hydrogen-bond acceptors (Lipinski definition) is 4. The Labute approximate surface area is 153 Å². The van der Waals surface area contributed by atoms with Crippen LogP contribution < -0.4 is 10.2 Å². The fourth-order valence-corrected chi connectivity index (χ4v) is 4.20. The number of fused-ring (bicyclic) bond motifs is 1. The van der Waals surface area contributed by atoms with Crippen LogP contribution in [0, 0.1) is 0 Å². The van der Waals surface area contributed by atoms with E-state index >= 15 is 0 Å². The van der Waals surface area contributed by atoms with Gasteiger partial charge in [-0.2, -0.15) is 0 Å². The number of rotatable bonds is 3. The van der Waals surface area contributed by atoms with Gasteiger partial charge in [0.1, 0.15) is 6.04 Å². The van der Waals surface area contributed by atoms with E-state index in [0.717, 1.165) is 49.2 Å². The monoisotopic (exact) mass is 352 g/mol. The topological polar surface area (TPSA) is 71.3 Å². The highest BCUT2D eigenvalue weighted by molar-refractivity contribution is 5.95. The lowest BCUT2D eigenvalue weighted by atomic mass is 9.96. The van der Waals surface area contributed by atoms with Crippen LogP contribution in [0.5, 0.6) is 0 Å². The van der Waals surface area contributed by atoms with Crippen LogP contribution in [0.1, 0.15) is 74.3 Å². The van der Waals surface area contributed by atoms with Gasteiger partial charge in [0.15, 0.2) is 0 Å². The molecule has 3 aliphatic rings. The molecule has 2 amide bonds. The van der Waals surface area contributed by atoms with E-state index in [9.17, 15) is 4.79 Å². The van der Waals surface area contributed by atoms with Crippen LogP contribution in [-0.2, 0) is 6.42 Å². The number of benzene rings is 1. The van der Waals surface area contributed by atoms with Crippen LogP contribution in [0.15, 0.2) is 28.7 Å². The third kappa shape index (κ3) is 2.87. The zero-order valence-electron chi connectivity index (χ0n) is 14.9. The molecule has 1 unspecified atom stereocenters. The molecule has 1 aromatic heterocycles. The summed E-state index contributed by atoms with van der Waals surface area (Å²) in [6, 6.07) is 8.10. The van der Waals surface area contributed by atoms with E-state index in [4.69, 9.17) is 4.42 Å². The number of aromatic nitrogens is 2. The largest absolute Gasteiger partial charge is 0.423 e. The summed E-state index contributed by atoms with van der Waals surface area (Å²) in [4.78, 5) is 15.0. The highest BCUT2D eigenvalue weighted by Gasteiger charge is 2.40. The molecule has 0 saturated heterocycles. The number of hydrogen-bond donors (Lipinski definition) is 1. The van der Waals surface area contributed by atoms with E-state index in [1.807, 2.05) is 23.1 Å². The predicted octanol–water partition coefficient (Wildman–Crippen LogP) is 4.09. The molecule has 0 spiro atoms. The SMILES string of the molecule is O=C(NC1CCCCC1)N1c2ccccc2CC1c1nnc(C2CC2)o1. The number of nitrogens with zero attached hydrogens (tertiary/aromatic N) is 3. The van der Waals surface area contributed by atoms with Gasteiger partial charge in [-0.1, -0.05) is 37.5 Å². The second-order valence-corrected chi connectivity index (χ2v) is 7.76. The molecular weight excluding hydrogens is 328 g/mol. The van der Waals surface area contributed by atoms with E-state index < -0.39 is 0 Å². The average molecular weight is 352 g/mol. The second kappa shape index (κ2) is 6.41. The number of amides is 2. The standard InChI is InChI=1S/C20H24N4O2/c25-20(21-15-7-2-1-3-8-15)24-16-9-5-4-6-14(16)12-17(24)19-23-22-18(26-19)13-10-11-13/h4-6,9,13,15,17H,1-3,7-8,10-12H2,(H,21,25). The second-order valence-electron chi connectivity index (χ2n) is 7.76. The van der Waals surface area contributed by atoms with E-state index in [1.165, 1.54) is 19.3 Å². The van der Waals surface area contributed by atoms with Crippen molar-refractivity contribution in [1.82, 2.24) is 15.5 Å². The molecule has 2 aliphatic carbocycles. The molecule has 1 N–H and O–H groups in total. The highest BCUT2D eigenvalue weighted by Crippen LogP contribution is 2.43. The Morgan fingerprint density at radius 2 is 1.81 bits per heavy atom. The molecule has 6 nitrogen and oxygen atoms in total. The summed E-state index contributed by atoms with van der Waals surface area (Å²) in [6.45, 7) is 0. The first kappa shape index (κ1) is 15.9. The summed E-state index contributed by atoms with van der Waals surface area (Å²) in [7, 11) is 0. The molecule has 5 rings (SSSR count). The van der Waals surface area contributed by atoms with Gasteiger partial charge in [-0.3, -0.25) is 4.90 Å². The molecule has 26 heavy (non-hydrogen) atoms. The van der Waals surface area contributed by atoms with E-state index in [-0.39, 0.29) is 18.1 Å². The Morgan fingerprint density at radius 1 is 1.04 bits per heavy atom. The molecule has 6 heteroatoms. The molecule has 1 aliphatic heterocycles. The van der Waals surface area contributed by atoms with Crippen molar-refractivity contribution in [2.75, 3.05) is 4.90 Å². The maximum absolute atomic E-state index is 13.1. The first-order valence-corrected chi connectivity index (χ1v) is 9.80. The summed E-state index contributed by atoms with van der Waals surface area (Å²) in [5, 5.41) is 11.7. The highest BCUT2D eigenvalue weighted by atomic mass is 16.4. The summed E-state index contributed by atoms with van der Waals surface area (Å²) >= 11 is 0. The zero-order chi connectivity index (χ0) is 17.5. The maximum Gasteiger partial charge on any atom is 0.322 e. The fourth-order valence-electron chi connectivity index (χ4n) is 4.20. The van der Waals surface area contributed by atoms with Crippen molar-refractivity contribution in [3.05, 3.63) is 41.6 Å². The van der Waals surface area contributed by atoms with Gasteiger partial charge in [-0.15, -0.1) is 10.2 Å². The summed E-state index contributed by atoms with van der Waals surface area (Å²) in [5.74, 6) is 1.70. The predicted molar refractivity (Wildman–Crippen MR) is 97.0 cm³/mol. The van der Waals surface area contributed by atoms with Gasteiger partial charge in [0.25, 0.3) is 0 Å². The van der Waals surface area contributed by atoms with Crippen molar-refractivity contribution >= 4 is 11.7 Å². The van der Waals surface area contributed by atoms with Crippen molar-refractivity contribution in [2.45, 2.75) is 69.4 Å². The number of nitrogens with one attached hydrogen (secondary N) is 1. The van der Waals surface area contributed by atoms with Gasteiger partial charge < -0.3 is 9.73 Å². The van der Waals surface area contributed by atoms with Crippen LogP contribution in [0.25, 0.3) is 0 Å². The lowest BCUT2D eigenvalue weighted by Crippen LogP contribution is -2.46. The lowest BCUT2D eigenvalue weighted by molar-refractivity contribution is 0.235. The molecular formula is C20H24N4O2. The Hall–Kier alpha value is -2.37. The van der Waals surface area contributed by atoms with Gasteiger partial charge in [0.2, 0.25) is 11.8 Å². The molecule has 136 valence electrons. The third-order valence-corrected chi connectivity index (χ3v) is 5.80. The number of carbonyl (C=O) groups excluding carboxylic acids is 1. The summed E-state index contributed by atoms with van der Waals surface area (Å²) in [5.41, 5.74) is 2.11. The summed E-state index contributed by atoms with van der Waals surface area (Å²) < 4.78 is 5.95. The van der Waals surface area contributed by atoms with Crippen molar-refractivity contribution in [1.29, 1.82) is 0 Å². The first-order chi connectivity index (χ1) is 12.8. The number of urea groups is 1.